The number of sulfone groups is 1. The summed E-state index contributed by atoms with van der Waals surface area (Å²) in [7, 11) is -1.91. The molecule has 0 radical (unpaired) electrons. The van der Waals surface area contributed by atoms with Crippen LogP contribution < -0.4 is 4.74 Å². The number of carbonyl (C=O) groups is 1. The van der Waals surface area contributed by atoms with Gasteiger partial charge in [-0.25, -0.2) is 13.4 Å². The molecular formula is C21H21N3O4S. The van der Waals surface area contributed by atoms with Gasteiger partial charge in [-0.3, -0.25) is 9.78 Å². The molecule has 2 aromatic carbocycles. The highest BCUT2D eigenvalue weighted by Gasteiger charge is 2.33. The smallest absolute Gasteiger partial charge is 0.274 e. The van der Waals surface area contributed by atoms with Gasteiger partial charge in [-0.2, -0.15) is 0 Å². The fourth-order valence-electron chi connectivity index (χ4n) is 3.55. The molecule has 8 heteroatoms. The summed E-state index contributed by atoms with van der Waals surface area (Å²) in [5.74, 6) is 0.393. The minimum Gasteiger partial charge on any atom is -0.497 e. The van der Waals surface area contributed by atoms with E-state index >= 15 is 0 Å². The van der Waals surface area contributed by atoms with Gasteiger partial charge in [0.15, 0.2) is 9.84 Å². The van der Waals surface area contributed by atoms with E-state index in [0.717, 1.165) is 5.52 Å². The highest BCUT2D eigenvalue weighted by molar-refractivity contribution is 7.92. The van der Waals surface area contributed by atoms with Crippen molar-refractivity contribution in [2.75, 3.05) is 20.2 Å². The van der Waals surface area contributed by atoms with E-state index in [0.29, 0.717) is 37.2 Å². The monoisotopic (exact) mass is 411 g/mol. The standard InChI is InChI=1S/C21H21N3O4S/c1-28-15-6-8-16(9-7-15)29(26,27)17-10-12-24(13-11-17)21(25)20-14-22-18-4-2-3-5-19(18)23-20/h2-9,14,17H,10-13H2,1H3. The summed E-state index contributed by atoms with van der Waals surface area (Å²) in [6.45, 7) is 0.737. The molecule has 0 atom stereocenters. The van der Waals surface area contributed by atoms with Crippen LogP contribution in [0.5, 0.6) is 5.75 Å². The van der Waals surface area contributed by atoms with Crippen molar-refractivity contribution in [1.82, 2.24) is 14.9 Å². The summed E-state index contributed by atoms with van der Waals surface area (Å²) < 4.78 is 30.9. The van der Waals surface area contributed by atoms with E-state index in [-0.39, 0.29) is 16.5 Å². The van der Waals surface area contributed by atoms with Gasteiger partial charge >= 0.3 is 0 Å². The van der Waals surface area contributed by atoms with Crippen LogP contribution in [-0.2, 0) is 9.84 Å². The Labute approximate surface area is 169 Å². The van der Waals surface area contributed by atoms with Crippen LogP contribution in [0.4, 0.5) is 0 Å². The number of aromatic nitrogens is 2. The van der Waals surface area contributed by atoms with E-state index in [9.17, 15) is 13.2 Å². The summed E-state index contributed by atoms with van der Waals surface area (Å²) in [6, 6.07) is 13.8. The van der Waals surface area contributed by atoms with Gasteiger partial charge in [0, 0.05) is 13.1 Å². The Morgan fingerprint density at radius 2 is 1.69 bits per heavy atom. The third-order valence-corrected chi connectivity index (χ3v) is 7.50. The number of carbonyl (C=O) groups excluding carboxylic acids is 1. The van der Waals surface area contributed by atoms with Crippen molar-refractivity contribution in [2.45, 2.75) is 23.0 Å². The first-order valence-corrected chi connectivity index (χ1v) is 10.9. The number of fused-ring (bicyclic) bond motifs is 1. The number of ether oxygens (including phenoxy) is 1. The number of para-hydroxylation sites is 2. The lowest BCUT2D eigenvalue weighted by Crippen LogP contribution is -2.42. The Kier molecular flexibility index (Phi) is 5.19. The van der Waals surface area contributed by atoms with Crippen LogP contribution in [0.1, 0.15) is 23.3 Å². The molecule has 1 fully saturated rings. The predicted octanol–water partition coefficient (Wildman–Crippen LogP) is 2.72. The molecule has 2 heterocycles. The summed E-state index contributed by atoms with van der Waals surface area (Å²) >= 11 is 0. The first-order valence-electron chi connectivity index (χ1n) is 9.38. The SMILES string of the molecule is COc1ccc(S(=O)(=O)C2CCN(C(=O)c3cnc4ccccc4n3)CC2)cc1. The van der Waals surface area contributed by atoms with Gasteiger partial charge in [-0.05, 0) is 49.2 Å². The zero-order chi connectivity index (χ0) is 20.4. The quantitative estimate of drug-likeness (QED) is 0.656. The van der Waals surface area contributed by atoms with Crippen molar-refractivity contribution < 1.29 is 17.9 Å². The molecule has 0 unspecified atom stereocenters. The van der Waals surface area contributed by atoms with Crippen LogP contribution in [0, 0.1) is 0 Å². The summed E-state index contributed by atoms with van der Waals surface area (Å²) in [5.41, 5.74) is 1.67. The molecule has 1 aliphatic rings. The van der Waals surface area contributed by atoms with E-state index in [1.807, 2.05) is 24.3 Å². The number of nitrogens with zero attached hydrogens (tertiary/aromatic N) is 3. The minimum atomic E-state index is -3.45. The molecule has 4 rings (SSSR count). The van der Waals surface area contributed by atoms with E-state index in [1.54, 1.807) is 29.2 Å². The second kappa shape index (κ2) is 7.79. The lowest BCUT2D eigenvalue weighted by molar-refractivity contribution is 0.0719. The number of hydrogen-bond acceptors (Lipinski definition) is 6. The molecule has 0 bridgehead atoms. The number of piperidine rings is 1. The van der Waals surface area contributed by atoms with Gasteiger partial charge in [-0.1, -0.05) is 12.1 Å². The molecule has 7 nitrogen and oxygen atoms in total. The molecule has 29 heavy (non-hydrogen) atoms. The Morgan fingerprint density at radius 1 is 1.03 bits per heavy atom. The first kappa shape index (κ1) is 19.3. The Morgan fingerprint density at radius 3 is 2.34 bits per heavy atom. The van der Waals surface area contributed by atoms with E-state index in [2.05, 4.69) is 9.97 Å². The van der Waals surface area contributed by atoms with Crippen molar-refractivity contribution >= 4 is 26.8 Å². The molecule has 0 N–H and O–H groups in total. The molecular weight excluding hydrogens is 390 g/mol. The normalized spacial score (nSPS) is 15.4. The molecule has 0 spiro atoms. The number of hydrogen-bond donors (Lipinski definition) is 0. The van der Waals surface area contributed by atoms with Gasteiger partial charge in [0.2, 0.25) is 0 Å². The molecule has 1 amide bonds. The third kappa shape index (κ3) is 3.80. The lowest BCUT2D eigenvalue weighted by atomic mass is 10.1. The van der Waals surface area contributed by atoms with E-state index in [1.165, 1.54) is 13.3 Å². The van der Waals surface area contributed by atoms with Crippen LogP contribution in [0.3, 0.4) is 0 Å². The highest BCUT2D eigenvalue weighted by Crippen LogP contribution is 2.26. The Bertz CT molecular complexity index is 1140. The van der Waals surface area contributed by atoms with Crippen molar-refractivity contribution in [2.24, 2.45) is 0 Å². The molecule has 150 valence electrons. The van der Waals surface area contributed by atoms with Crippen LogP contribution in [-0.4, -0.2) is 54.6 Å². The maximum atomic E-state index is 12.9. The van der Waals surface area contributed by atoms with Gasteiger partial charge in [0.1, 0.15) is 11.4 Å². The fraction of sp³-hybridized carbons (Fsp3) is 0.286. The highest BCUT2D eigenvalue weighted by atomic mass is 32.2. The average Bonchev–Trinajstić information content (AvgIpc) is 2.78. The molecule has 1 aromatic heterocycles. The van der Waals surface area contributed by atoms with Crippen molar-refractivity contribution in [1.29, 1.82) is 0 Å². The maximum Gasteiger partial charge on any atom is 0.274 e. The zero-order valence-corrected chi connectivity index (χ0v) is 16.8. The Balaban J connectivity index is 1.45. The van der Waals surface area contributed by atoms with Crippen LogP contribution in [0.25, 0.3) is 11.0 Å². The van der Waals surface area contributed by atoms with Crippen molar-refractivity contribution in [3.05, 3.63) is 60.4 Å². The second-order valence-corrected chi connectivity index (χ2v) is 9.18. The number of methoxy groups -OCH3 is 1. The Hall–Kier alpha value is -3.00. The average molecular weight is 411 g/mol. The number of likely N-dealkylation sites (tertiary alicyclic amines) is 1. The number of amides is 1. The largest absolute Gasteiger partial charge is 0.497 e. The topological polar surface area (TPSA) is 89.5 Å². The van der Waals surface area contributed by atoms with Crippen molar-refractivity contribution in [3.63, 3.8) is 0 Å². The predicted molar refractivity (Wildman–Crippen MR) is 109 cm³/mol. The molecule has 0 aliphatic carbocycles. The molecule has 1 aliphatic heterocycles. The van der Waals surface area contributed by atoms with E-state index < -0.39 is 15.1 Å². The minimum absolute atomic E-state index is 0.219. The summed E-state index contributed by atoms with van der Waals surface area (Å²) in [5, 5.41) is -0.511. The second-order valence-electron chi connectivity index (χ2n) is 6.96. The van der Waals surface area contributed by atoms with Gasteiger partial charge < -0.3 is 9.64 Å². The third-order valence-electron chi connectivity index (χ3n) is 5.22. The van der Waals surface area contributed by atoms with Crippen LogP contribution in [0.15, 0.2) is 59.6 Å². The van der Waals surface area contributed by atoms with Crippen LogP contribution >= 0.6 is 0 Å². The first-order chi connectivity index (χ1) is 14.0. The number of benzene rings is 2. The zero-order valence-electron chi connectivity index (χ0n) is 16.0. The molecule has 0 saturated carbocycles. The van der Waals surface area contributed by atoms with E-state index in [4.69, 9.17) is 4.74 Å². The van der Waals surface area contributed by atoms with Crippen molar-refractivity contribution in [3.8, 4) is 5.75 Å². The maximum absolute atomic E-state index is 12.9. The van der Waals surface area contributed by atoms with Gasteiger partial charge in [0.05, 0.1) is 34.5 Å². The number of rotatable bonds is 4. The fourth-order valence-corrected chi connectivity index (χ4v) is 5.28. The van der Waals surface area contributed by atoms with Gasteiger partial charge in [0.25, 0.3) is 5.91 Å². The summed E-state index contributed by atoms with van der Waals surface area (Å²) in [6.07, 6.45) is 2.26. The van der Waals surface area contributed by atoms with Gasteiger partial charge in [-0.15, -0.1) is 0 Å². The summed E-state index contributed by atoms with van der Waals surface area (Å²) in [4.78, 5) is 23.4. The molecule has 3 aromatic rings. The van der Waals surface area contributed by atoms with Crippen LogP contribution in [0.2, 0.25) is 0 Å². The lowest BCUT2D eigenvalue weighted by Gasteiger charge is -2.31. The molecule has 1 saturated heterocycles.